The van der Waals surface area contributed by atoms with Gasteiger partial charge in [-0.05, 0) is 20.8 Å². The van der Waals surface area contributed by atoms with Gasteiger partial charge in [-0.3, -0.25) is 18.6 Å². The van der Waals surface area contributed by atoms with E-state index in [9.17, 15) is 31.0 Å². The zero-order chi connectivity index (χ0) is 18.2. The van der Waals surface area contributed by atoms with Crippen LogP contribution in [0.25, 0.3) is 0 Å². The van der Waals surface area contributed by atoms with E-state index in [1.165, 1.54) is 0 Å². The molecule has 134 valence electrons. The fourth-order valence-corrected chi connectivity index (χ4v) is 2.94. The zero-order valence-electron chi connectivity index (χ0n) is 13.8. The van der Waals surface area contributed by atoms with Crippen LogP contribution in [0.15, 0.2) is 0 Å². The summed E-state index contributed by atoms with van der Waals surface area (Å²) in [6.45, 7) is 3.97. The monoisotopic (exact) mass is 396 g/mol. The molecule has 0 radical (unpaired) electrons. The molecule has 0 aromatic rings. The third-order valence-electron chi connectivity index (χ3n) is 2.60. The molecular weight excluding hydrogens is 379 g/mol. The summed E-state index contributed by atoms with van der Waals surface area (Å²) >= 11 is 0. The molecule has 1 saturated heterocycles. The summed E-state index contributed by atoms with van der Waals surface area (Å²) in [6.07, 6.45) is 0.696. The zero-order valence-corrected chi connectivity index (χ0v) is 17.4. The largest absolute Gasteiger partial charge is 1.00 e. The number of carbonyl (C=O) groups excluding carboxylic acids is 2. The maximum Gasteiger partial charge on any atom is 1.00 e. The van der Waals surface area contributed by atoms with Crippen molar-refractivity contribution in [2.24, 2.45) is 5.92 Å². The molecule has 0 saturated carbocycles. The minimum Gasteiger partial charge on any atom is -0.731 e. The van der Waals surface area contributed by atoms with Gasteiger partial charge in [0.15, 0.2) is 10.3 Å². The molecule has 2 unspecified atom stereocenters. The van der Waals surface area contributed by atoms with Crippen LogP contribution in [-0.2, 0) is 39.0 Å². The van der Waals surface area contributed by atoms with Crippen LogP contribution in [0, 0.1) is 5.92 Å². The van der Waals surface area contributed by atoms with E-state index < -0.39 is 56.4 Å². The van der Waals surface area contributed by atoms with Crippen molar-refractivity contribution >= 4 is 32.2 Å². The maximum absolute atomic E-state index is 11.9. The Bertz CT molecular complexity index is 698. The van der Waals surface area contributed by atoms with E-state index in [0.717, 1.165) is 0 Å². The molecule has 1 rings (SSSR count). The first kappa shape index (κ1) is 23.7. The van der Waals surface area contributed by atoms with Gasteiger partial charge in [0.05, 0.1) is 24.5 Å². The maximum atomic E-state index is 11.9. The number of β-lactam (4-membered cyclic amide) rings is 1. The molecule has 0 aromatic heterocycles. The fraction of sp³-hybridized carbons (Fsp3) is 0.800. The van der Waals surface area contributed by atoms with E-state index in [1.807, 2.05) is 5.48 Å². The second-order valence-corrected chi connectivity index (χ2v) is 8.70. The standard InChI is InChI=1S/C10H18N2O9S2.Na/c1-10(2,3)21-11-8(13)7-6(5-20-22(4,15)16)12(9(7)14)23(17,18)19;/h6-7H,5H2,1-4H3,(H,11,13)(H,17,18,19);/q;+1/p-1. The van der Waals surface area contributed by atoms with Gasteiger partial charge in [0.1, 0.15) is 5.92 Å². The Balaban J connectivity index is 0.00000529. The third kappa shape index (κ3) is 6.55. The first-order chi connectivity index (χ1) is 10.1. The first-order valence-electron chi connectivity index (χ1n) is 6.25. The molecule has 1 fully saturated rings. The molecule has 11 nitrogen and oxygen atoms in total. The van der Waals surface area contributed by atoms with E-state index in [2.05, 4.69) is 4.18 Å². The van der Waals surface area contributed by atoms with Crippen molar-refractivity contribution in [1.82, 2.24) is 9.79 Å². The number of rotatable bonds is 6. The molecule has 1 aliphatic rings. The van der Waals surface area contributed by atoms with Crippen LogP contribution in [0.1, 0.15) is 20.8 Å². The van der Waals surface area contributed by atoms with Crippen molar-refractivity contribution in [3.63, 3.8) is 0 Å². The molecular formula is C10H17N2NaO9S2. The summed E-state index contributed by atoms with van der Waals surface area (Å²) in [4.78, 5) is 28.6. The van der Waals surface area contributed by atoms with Gasteiger partial charge < -0.3 is 4.55 Å². The number of nitrogens with zero attached hydrogens (tertiary/aromatic N) is 1. The van der Waals surface area contributed by atoms with Crippen molar-refractivity contribution in [2.45, 2.75) is 32.4 Å². The number of carbonyl (C=O) groups is 2. The summed E-state index contributed by atoms with van der Waals surface area (Å²) < 4.78 is 59.3. The first-order valence-corrected chi connectivity index (χ1v) is 9.43. The number of amides is 2. The minimum absolute atomic E-state index is 0. The minimum atomic E-state index is -5.20. The van der Waals surface area contributed by atoms with Crippen LogP contribution in [0.5, 0.6) is 0 Å². The Morgan fingerprint density at radius 1 is 1.29 bits per heavy atom. The number of hydrogen-bond donors (Lipinski definition) is 1. The molecule has 0 aromatic carbocycles. The summed E-state index contributed by atoms with van der Waals surface area (Å²) in [6, 6.07) is -1.57. The molecule has 24 heavy (non-hydrogen) atoms. The molecule has 1 N–H and O–H groups in total. The predicted molar refractivity (Wildman–Crippen MR) is 73.6 cm³/mol. The second kappa shape index (κ2) is 7.95. The summed E-state index contributed by atoms with van der Waals surface area (Å²) in [5, 5.41) is 0. The molecule has 1 aliphatic heterocycles. The Hall–Kier alpha value is -0.280. The van der Waals surface area contributed by atoms with Gasteiger partial charge in [-0.1, -0.05) is 0 Å². The number of nitrogens with one attached hydrogen (secondary N) is 1. The fourth-order valence-electron chi connectivity index (χ4n) is 1.71. The molecule has 14 heteroatoms. The van der Waals surface area contributed by atoms with Crippen LogP contribution >= 0.6 is 0 Å². The number of hydroxylamine groups is 1. The van der Waals surface area contributed by atoms with E-state index in [0.29, 0.717) is 6.26 Å². The Morgan fingerprint density at radius 2 is 1.79 bits per heavy atom. The van der Waals surface area contributed by atoms with E-state index in [1.54, 1.807) is 20.8 Å². The quantitative estimate of drug-likeness (QED) is 0.116. The Labute approximate surface area is 162 Å². The molecule has 0 bridgehead atoms. The van der Waals surface area contributed by atoms with Crippen molar-refractivity contribution in [1.29, 1.82) is 0 Å². The van der Waals surface area contributed by atoms with Gasteiger partial charge in [-0.25, -0.2) is 18.2 Å². The predicted octanol–water partition coefficient (Wildman–Crippen LogP) is -4.90. The van der Waals surface area contributed by atoms with Crippen molar-refractivity contribution < 1.29 is 69.6 Å². The summed E-state index contributed by atoms with van der Waals surface area (Å²) in [5.41, 5.74) is 1.18. The van der Waals surface area contributed by atoms with Crippen molar-refractivity contribution in [3.05, 3.63) is 0 Å². The topological polar surface area (TPSA) is 159 Å². The van der Waals surface area contributed by atoms with Gasteiger partial charge in [0, 0.05) is 0 Å². The van der Waals surface area contributed by atoms with E-state index in [-0.39, 0.29) is 33.9 Å². The van der Waals surface area contributed by atoms with Gasteiger partial charge in [-0.15, -0.1) is 0 Å². The van der Waals surface area contributed by atoms with Crippen LogP contribution < -0.4 is 35.0 Å². The summed E-state index contributed by atoms with van der Waals surface area (Å²) in [5.74, 6) is -3.90. The molecule has 2 amide bonds. The number of hydrogen-bond acceptors (Lipinski definition) is 9. The van der Waals surface area contributed by atoms with Crippen LogP contribution in [-0.4, -0.2) is 62.0 Å². The van der Waals surface area contributed by atoms with Crippen LogP contribution in [0.4, 0.5) is 0 Å². The molecule has 0 aliphatic carbocycles. The van der Waals surface area contributed by atoms with Crippen LogP contribution in [0.2, 0.25) is 0 Å². The normalized spacial score (nSPS) is 21.7. The molecule has 1 heterocycles. The third-order valence-corrected chi connectivity index (χ3v) is 4.10. The Morgan fingerprint density at radius 3 is 2.17 bits per heavy atom. The van der Waals surface area contributed by atoms with Crippen LogP contribution in [0.3, 0.4) is 0 Å². The molecule has 2 atom stereocenters. The average molecular weight is 396 g/mol. The van der Waals surface area contributed by atoms with Crippen molar-refractivity contribution in [2.75, 3.05) is 12.9 Å². The summed E-state index contributed by atoms with van der Waals surface area (Å²) in [7, 11) is -9.17. The molecule has 0 spiro atoms. The average Bonchev–Trinajstić information content (AvgIpc) is 2.27. The van der Waals surface area contributed by atoms with Gasteiger partial charge >= 0.3 is 29.6 Å². The van der Waals surface area contributed by atoms with Gasteiger partial charge in [0.2, 0.25) is 0 Å². The van der Waals surface area contributed by atoms with Crippen molar-refractivity contribution in [3.8, 4) is 0 Å². The Kier molecular flexibility index (Phi) is 7.86. The second-order valence-electron chi connectivity index (χ2n) is 5.81. The van der Waals surface area contributed by atoms with E-state index in [4.69, 9.17) is 4.84 Å². The van der Waals surface area contributed by atoms with Gasteiger partial charge in [-0.2, -0.15) is 8.42 Å². The van der Waals surface area contributed by atoms with E-state index >= 15 is 0 Å². The smallest absolute Gasteiger partial charge is 0.731 e. The SMILES string of the molecule is CC(C)(C)ONC(=O)C1C(=O)N(S(=O)(=O)[O-])C1COS(C)(=O)=O.[Na+]. The van der Waals surface area contributed by atoms with Gasteiger partial charge in [0.25, 0.3) is 21.9 Å².